The number of anilines is 1. The molecule has 11 nitrogen and oxygen atoms in total. The maximum atomic E-state index is 13.6. The van der Waals surface area contributed by atoms with Crippen LogP contribution in [0.4, 0.5) is 5.69 Å². The smallest absolute Gasteiger partial charge is 0.274 e. The van der Waals surface area contributed by atoms with E-state index in [1.165, 1.54) is 29.0 Å². The lowest BCUT2D eigenvalue weighted by Gasteiger charge is -2.53. The number of ether oxygens (including phenoxy) is 1. The van der Waals surface area contributed by atoms with Gasteiger partial charge in [0.2, 0.25) is 16.0 Å². The Bertz CT molecular complexity index is 1540. The minimum atomic E-state index is -3.72. The van der Waals surface area contributed by atoms with E-state index >= 15 is 0 Å². The summed E-state index contributed by atoms with van der Waals surface area (Å²) in [4.78, 5) is 17.1. The van der Waals surface area contributed by atoms with Crippen molar-refractivity contribution in [3.05, 3.63) is 83.7 Å². The number of amides is 1. The molecule has 5 rings (SSSR count). The van der Waals surface area contributed by atoms with Gasteiger partial charge in [0.05, 0.1) is 36.6 Å². The first-order valence-corrected chi connectivity index (χ1v) is 15.1. The van der Waals surface area contributed by atoms with Crippen LogP contribution in [-0.2, 0) is 33.3 Å². The van der Waals surface area contributed by atoms with Gasteiger partial charge in [0.25, 0.3) is 5.91 Å². The number of fused-ring (bicyclic) bond motifs is 2. The summed E-state index contributed by atoms with van der Waals surface area (Å²) in [6.45, 7) is 0.132. The fraction of sp³-hybridized carbons (Fsp3) is 0.296. The lowest BCUT2D eigenvalue weighted by Crippen LogP contribution is -2.71. The molecule has 0 bridgehead atoms. The molecule has 2 aliphatic rings. The number of hydrogen-bond donors (Lipinski definition) is 3. The standard InChI is InChI=1S/C27H30N6O5S2/c1-32(40(36,37)21-7-5-4-6-8-21)14-13-24-27(31-26(28)33(2)39(24)35)16-18-9-10-19(15-22(18)27)30-25(34)23-12-11-20(38-3)17-29-23/h4-12,15,17,24H,13-14,16H2,1-3H3,(H2,28,31)(H,30,34)/t24?,27-,39?/m1/s1. The number of nitrogens with zero attached hydrogens (tertiary/aromatic N) is 3. The van der Waals surface area contributed by atoms with Crippen LogP contribution in [0.2, 0.25) is 0 Å². The maximum Gasteiger partial charge on any atom is 0.274 e. The van der Waals surface area contributed by atoms with Gasteiger partial charge in [-0.05, 0) is 47.5 Å². The fourth-order valence-electron chi connectivity index (χ4n) is 5.10. The SMILES string of the molecule is COc1ccc(C(=O)Nc2ccc3c(c2)[C@@]2(C3)NC(=N)N(C)[S+]([O-])C2CCN(C)S(=O)(=O)c2ccccc2)nc1. The maximum absolute atomic E-state index is 13.6. The van der Waals surface area contributed by atoms with Gasteiger partial charge >= 0.3 is 0 Å². The zero-order chi connectivity index (χ0) is 28.7. The van der Waals surface area contributed by atoms with Crippen LogP contribution in [0.15, 0.2) is 71.8 Å². The van der Waals surface area contributed by atoms with Crippen LogP contribution in [0.1, 0.15) is 28.0 Å². The van der Waals surface area contributed by atoms with Crippen LogP contribution in [0.3, 0.4) is 0 Å². The monoisotopic (exact) mass is 582 g/mol. The van der Waals surface area contributed by atoms with Gasteiger partial charge in [0.15, 0.2) is 5.25 Å². The molecule has 1 fully saturated rings. The number of benzene rings is 2. The third-order valence-electron chi connectivity index (χ3n) is 7.40. The fourth-order valence-corrected chi connectivity index (χ4v) is 7.84. The quantitative estimate of drug-likeness (QED) is 0.343. The number of methoxy groups -OCH3 is 1. The molecule has 210 valence electrons. The molecule has 2 unspecified atom stereocenters. The number of guanidine groups is 1. The summed E-state index contributed by atoms with van der Waals surface area (Å²) in [6.07, 6.45) is 2.26. The van der Waals surface area contributed by atoms with Crippen LogP contribution in [-0.4, -0.2) is 71.4 Å². The minimum Gasteiger partial charge on any atom is -0.593 e. The van der Waals surface area contributed by atoms with E-state index in [2.05, 4.69) is 15.6 Å². The minimum absolute atomic E-state index is 0.0161. The first-order valence-electron chi connectivity index (χ1n) is 12.5. The van der Waals surface area contributed by atoms with Crippen molar-refractivity contribution in [2.24, 2.45) is 0 Å². The molecule has 0 radical (unpaired) electrons. The van der Waals surface area contributed by atoms with Crippen LogP contribution in [0.25, 0.3) is 0 Å². The zero-order valence-corrected chi connectivity index (χ0v) is 23.9. The summed E-state index contributed by atoms with van der Waals surface area (Å²) in [5.41, 5.74) is 1.72. The molecule has 2 aromatic carbocycles. The number of rotatable bonds is 8. The largest absolute Gasteiger partial charge is 0.593 e. The first-order chi connectivity index (χ1) is 19.1. The van der Waals surface area contributed by atoms with Crippen LogP contribution in [0, 0.1) is 5.41 Å². The topological polar surface area (TPSA) is 151 Å². The number of hydrogen-bond acceptors (Lipinski definition) is 7. The Morgan fingerprint density at radius 1 is 1.27 bits per heavy atom. The molecule has 3 aromatic rings. The van der Waals surface area contributed by atoms with Gasteiger partial charge in [-0.3, -0.25) is 10.2 Å². The first kappa shape index (κ1) is 27.9. The number of sulfonamides is 1. The van der Waals surface area contributed by atoms with Crippen LogP contribution in [0.5, 0.6) is 5.75 Å². The predicted molar refractivity (Wildman–Crippen MR) is 152 cm³/mol. The molecule has 0 saturated carbocycles. The summed E-state index contributed by atoms with van der Waals surface area (Å²) in [6, 6.07) is 16.9. The number of carbonyl (C=O) groups excluding carboxylic acids is 1. The highest BCUT2D eigenvalue weighted by Crippen LogP contribution is 2.48. The molecule has 2 heterocycles. The van der Waals surface area contributed by atoms with Gasteiger partial charge in [-0.2, -0.15) is 4.31 Å². The van der Waals surface area contributed by atoms with Gasteiger partial charge in [-0.15, -0.1) is 0 Å². The van der Waals surface area contributed by atoms with E-state index in [9.17, 15) is 17.8 Å². The summed E-state index contributed by atoms with van der Waals surface area (Å²) in [5, 5.41) is 14.0. The lowest BCUT2D eigenvalue weighted by atomic mass is 9.67. The average Bonchev–Trinajstić information content (AvgIpc) is 2.96. The number of aromatic nitrogens is 1. The van der Waals surface area contributed by atoms with Crippen molar-refractivity contribution in [2.75, 3.05) is 33.1 Å². The molecule has 1 spiro atoms. The molecule has 13 heteroatoms. The number of carbonyl (C=O) groups is 1. The van der Waals surface area contributed by atoms with Gasteiger partial charge in [0.1, 0.15) is 17.0 Å². The molecular weight excluding hydrogens is 552 g/mol. The molecule has 3 N–H and O–H groups in total. The van der Waals surface area contributed by atoms with Gasteiger partial charge < -0.3 is 19.9 Å². The Morgan fingerprint density at radius 3 is 2.70 bits per heavy atom. The van der Waals surface area contributed by atoms with E-state index in [1.807, 2.05) is 12.1 Å². The van der Waals surface area contributed by atoms with Crippen molar-refractivity contribution in [1.29, 1.82) is 5.41 Å². The van der Waals surface area contributed by atoms with E-state index in [0.29, 0.717) is 17.9 Å². The zero-order valence-electron chi connectivity index (χ0n) is 22.2. The van der Waals surface area contributed by atoms with Crippen molar-refractivity contribution in [3.63, 3.8) is 0 Å². The molecule has 1 saturated heterocycles. The van der Waals surface area contributed by atoms with E-state index in [4.69, 9.17) is 10.1 Å². The van der Waals surface area contributed by atoms with Gasteiger partial charge in [0, 0.05) is 32.1 Å². The molecule has 3 atom stereocenters. The molecule has 1 aliphatic carbocycles. The molecule has 1 amide bonds. The summed E-state index contributed by atoms with van der Waals surface area (Å²) in [7, 11) is 0.884. The summed E-state index contributed by atoms with van der Waals surface area (Å²) in [5.74, 6) is 0.159. The van der Waals surface area contributed by atoms with Crippen molar-refractivity contribution in [1.82, 2.24) is 18.9 Å². The number of nitrogens with one attached hydrogen (secondary N) is 3. The van der Waals surface area contributed by atoms with Crippen LogP contribution < -0.4 is 15.4 Å². The van der Waals surface area contributed by atoms with Gasteiger partial charge in [-0.1, -0.05) is 24.3 Å². The van der Waals surface area contributed by atoms with Crippen molar-refractivity contribution >= 4 is 38.9 Å². The Labute approximate surface area is 236 Å². The van der Waals surface area contributed by atoms with Crippen molar-refractivity contribution in [2.45, 2.75) is 28.5 Å². The van der Waals surface area contributed by atoms with Gasteiger partial charge in [-0.25, -0.2) is 17.7 Å². The summed E-state index contributed by atoms with van der Waals surface area (Å²) < 4.78 is 47.5. The van der Waals surface area contributed by atoms with E-state index in [1.54, 1.807) is 55.6 Å². The second-order valence-corrected chi connectivity index (χ2v) is 13.4. The van der Waals surface area contributed by atoms with Crippen molar-refractivity contribution in [3.8, 4) is 5.75 Å². The van der Waals surface area contributed by atoms with E-state index in [0.717, 1.165) is 11.1 Å². The normalized spacial score (nSPS) is 21.9. The summed E-state index contributed by atoms with van der Waals surface area (Å²) >= 11 is -1.60. The molecule has 1 aromatic heterocycles. The highest BCUT2D eigenvalue weighted by atomic mass is 32.2. The highest BCUT2D eigenvalue weighted by Gasteiger charge is 2.59. The Balaban J connectivity index is 1.39. The Morgan fingerprint density at radius 2 is 2.02 bits per heavy atom. The molecule has 1 aliphatic heterocycles. The third-order valence-corrected chi connectivity index (χ3v) is 11.1. The van der Waals surface area contributed by atoms with E-state index < -0.39 is 38.1 Å². The highest BCUT2D eigenvalue weighted by molar-refractivity contribution is 7.90. The second kappa shape index (κ2) is 10.7. The van der Waals surface area contributed by atoms with Crippen LogP contribution >= 0.6 is 0 Å². The predicted octanol–water partition coefficient (Wildman–Crippen LogP) is 2.31. The molecular formula is C27H30N6O5S2. The Kier molecular flexibility index (Phi) is 7.48. The lowest BCUT2D eigenvalue weighted by molar-refractivity contribution is 0.102. The van der Waals surface area contributed by atoms with Crippen molar-refractivity contribution < 1.29 is 22.5 Å². The average molecular weight is 583 g/mol. The molecule has 40 heavy (non-hydrogen) atoms. The van der Waals surface area contributed by atoms with E-state index in [-0.39, 0.29) is 29.5 Å². The number of pyridine rings is 1. The Hall–Kier alpha value is -3.65. The second-order valence-electron chi connectivity index (χ2n) is 9.72. The third kappa shape index (κ3) is 4.89.